The van der Waals surface area contributed by atoms with Crippen molar-refractivity contribution < 1.29 is 9.59 Å². The quantitative estimate of drug-likeness (QED) is 0.781. The summed E-state index contributed by atoms with van der Waals surface area (Å²) in [7, 11) is 0. The summed E-state index contributed by atoms with van der Waals surface area (Å²) in [4.78, 5) is 34.6. The van der Waals surface area contributed by atoms with Crippen molar-refractivity contribution in [3.05, 3.63) is 18.5 Å². The van der Waals surface area contributed by atoms with Crippen LogP contribution in [0.25, 0.3) is 0 Å². The van der Waals surface area contributed by atoms with E-state index in [0.717, 1.165) is 25.8 Å². The molecule has 24 heavy (non-hydrogen) atoms. The molecule has 1 saturated heterocycles. The molecule has 0 aromatic carbocycles. The van der Waals surface area contributed by atoms with Crippen LogP contribution >= 0.6 is 0 Å². The molecule has 2 atom stereocenters. The fourth-order valence-electron chi connectivity index (χ4n) is 2.72. The first-order valence-electron chi connectivity index (χ1n) is 8.69. The predicted molar refractivity (Wildman–Crippen MR) is 92.5 cm³/mol. The third kappa shape index (κ3) is 5.47. The zero-order valence-electron chi connectivity index (χ0n) is 14.5. The van der Waals surface area contributed by atoms with Gasteiger partial charge in [-0.2, -0.15) is 0 Å². The molecule has 0 radical (unpaired) electrons. The fourth-order valence-corrected chi connectivity index (χ4v) is 2.72. The summed E-state index contributed by atoms with van der Waals surface area (Å²) in [5.41, 5.74) is 0. The number of piperidine rings is 1. The SMILES string of the molecule is CC[C@@H](C)NC(=O)CCNC(=O)[C@H]1CCCN(c2ncccn2)C1. The number of nitrogens with one attached hydrogen (secondary N) is 2. The van der Waals surface area contributed by atoms with Crippen LogP contribution in [-0.4, -0.2) is 47.5 Å². The fraction of sp³-hybridized carbons (Fsp3) is 0.647. The maximum Gasteiger partial charge on any atom is 0.225 e. The topological polar surface area (TPSA) is 87.2 Å². The standard InChI is InChI=1S/C17H27N5O2/c1-3-13(2)21-15(23)7-10-18-16(24)14-6-4-11-22(12-14)17-19-8-5-9-20-17/h5,8-9,13-14H,3-4,6-7,10-12H2,1-2H3,(H,18,24)(H,21,23)/t13-,14+/m1/s1. The van der Waals surface area contributed by atoms with Gasteiger partial charge in [0.1, 0.15) is 0 Å². The molecule has 0 aliphatic carbocycles. The van der Waals surface area contributed by atoms with E-state index in [0.29, 0.717) is 25.5 Å². The van der Waals surface area contributed by atoms with Gasteiger partial charge in [-0.1, -0.05) is 6.92 Å². The van der Waals surface area contributed by atoms with E-state index in [1.54, 1.807) is 18.5 Å². The normalized spacial score (nSPS) is 18.8. The summed E-state index contributed by atoms with van der Waals surface area (Å²) in [6.45, 7) is 5.86. The summed E-state index contributed by atoms with van der Waals surface area (Å²) < 4.78 is 0. The molecule has 2 amide bonds. The number of rotatable bonds is 7. The lowest BCUT2D eigenvalue weighted by Gasteiger charge is -2.31. The van der Waals surface area contributed by atoms with Crippen molar-refractivity contribution >= 4 is 17.8 Å². The van der Waals surface area contributed by atoms with E-state index in [2.05, 4.69) is 20.6 Å². The summed E-state index contributed by atoms with van der Waals surface area (Å²) >= 11 is 0. The lowest BCUT2D eigenvalue weighted by Crippen LogP contribution is -2.44. The van der Waals surface area contributed by atoms with Crippen LogP contribution in [0.2, 0.25) is 0 Å². The van der Waals surface area contributed by atoms with Gasteiger partial charge in [-0.3, -0.25) is 9.59 Å². The highest BCUT2D eigenvalue weighted by molar-refractivity contribution is 5.81. The van der Waals surface area contributed by atoms with E-state index in [9.17, 15) is 9.59 Å². The lowest BCUT2D eigenvalue weighted by molar-refractivity contribution is -0.125. The molecular weight excluding hydrogens is 306 g/mol. The van der Waals surface area contributed by atoms with Gasteiger partial charge in [-0.25, -0.2) is 9.97 Å². The molecule has 0 bridgehead atoms. The zero-order valence-corrected chi connectivity index (χ0v) is 14.5. The second-order valence-corrected chi connectivity index (χ2v) is 6.25. The Morgan fingerprint density at radius 2 is 2.12 bits per heavy atom. The Morgan fingerprint density at radius 3 is 2.83 bits per heavy atom. The minimum absolute atomic E-state index is 0.00645. The molecule has 2 heterocycles. The van der Waals surface area contributed by atoms with Crippen LogP contribution < -0.4 is 15.5 Å². The Morgan fingerprint density at radius 1 is 1.38 bits per heavy atom. The first-order valence-corrected chi connectivity index (χ1v) is 8.69. The van der Waals surface area contributed by atoms with Crippen LogP contribution in [0.3, 0.4) is 0 Å². The third-order valence-corrected chi connectivity index (χ3v) is 4.30. The highest BCUT2D eigenvalue weighted by Crippen LogP contribution is 2.19. The number of aromatic nitrogens is 2. The van der Waals surface area contributed by atoms with E-state index in [-0.39, 0.29) is 23.8 Å². The predicted octanol–water partition coefficient (Wildman–Crippen LogP) is 1.11. The number of carbonyl (C=O) groups is 2. The molecule has 1 aliphatic rings. The van der Waals surface area contributed by atoms with Gasteiger partial charge in [0.2, 0.25) is 17.8 Å². The molecule has 132 valence electrons. The van der Waals surface area contributed by atoms with Crippen LogP contribution in [0, 0.1) is 5.92 Å². The van der Waals surface area contributed by atoms with Crippen molar-refractivity contribution in [2.45, 2.75) is 45.6 Å². The van der Waals surface area contributed by atoms with Crippen molar-refractivity contribution in [1.82, 2.24) is 20.6 Å². The molecule has 1 aromatic rings. The van der Waals surface area contributed by atoms with Crippen LogP contribution in [-0.2, 0) is 9.59 Å². The molecule has 7 heteroatoms. The summed E-state index contributed by atoms with van der Waals surface area (Å²) in [6, 6.07) is 1.95. The largest absolute Gasteiger partial charge is 0.355 e. The summed E-state index contributed by atoms with van der Waals surface area (Å²) in [6.07, 6.45) is 6.43. The van der Waals surface area contributed by atoms with Crippen molar-refractivity contribution in [1.29, 1.82) is 0 Å². The van der Waals surface area contributed by atoms with Crippen molar-refractivity contribution in [2.75, 3.05) is 24.5 Å². The molecule has 1 fully saturated rings. The van der Waals surface area contributed by atoms with E-state index in [4.69, 9.17) is 0 Å². The third-order valence-electron chi connectivity index (χ3n) is 4.30. The van der Waals surface area contributed by atoms with Gasteiger partial charge >= 0.3 is 0 Å². The minimum Gasteiger partial charge on any atom is -0.355 e. The molecule has 2 rings (SSSR count). The van der Waals surface area contributed by atoms with E-state index >= 15 is 0 Å². The van der Waals surface area contributed by atoms with E-state index in [1.165, 1.54) is 0 Å². The van der Waals surface area contributed by atoms with Gasteiger partial charge < -0.3 is 15.5 Å². The number of carbonyl (C=O) groups excluding carboxylic acids is 2. The van der Waals surface area contributed by atoms with Crippen LogP contribution in [0.15, 0.2) is 18.5 Å². The second kappa shape index (κ2) is 9.20. The average molecular weight is 333 g/mol. The average Bonchev–Trinajstić information content (AvgIpc) is 2.62. The van der Waals surface area contributed by atoms with Crippen molar-refractivity contribution in [3.8, 4) is 0 Å². The van der Waals surface area contributed by atoms with Crippen LogP contribution in [0.5, 0.6) is 0 Å². The first kappa shape index (κ1) is 18.2. The van der Waals surface area contributed by atoms with Gasteiger partial charge in [0.15, 0.2) is 0 Å². The van der Waals surface area contributed by atoms with Crippen LogP contribution in [0.4, 0.5) is 5.95 Å². The molecule has 0 saturated carbocycles. The van der Waals surface area contributed by atoms with Gasteiger partial charge in [0.25, 0.3) is 0 Å². The van der Waals surface area contributed by atoms with Gasteiger partial charge in [-0.15, -0.1) is 0 Å². The van der Waals surface area contributed by atoms with Crippen molar-refractivity contribution in [3.63, 3.8) is 0 Å². The van der Waals surface area contributed by atoms with Gasteiger partial charge in [-0.05, 0) is 32.3 Å². The lowest BCUT2D eigenvalue weighted by atomic mass is 9.97. The second-order valence-electron chi connectivity index (χ2n) is 6.25. The summed E-state index contributed by atoms with van der Waals surface area (Å²) in [5, 5.41) is 5.78. The zero-order chi connectivity index (χ0) is 17.4. The maximum atomic E-state index is 12.3. The Hall–Kier alpha value is -2.18. The molecule has 0 unspecified atom stereocenters. The number of amides is 2. The molecule has 0 spiro atoms. The van der Waals surface area contributed by atoms with E-state index < -0.39 is 0 Å². The van der Waals surface area contributed by atoms with Gasteiger partial charge in [0.05, 0.1) is 5.92 Å². The smallest absolute Gasteiger partial charge is 0.225 e. The molecule has 7 nitrogen and oxygen atoms in total. The molecule has 2 N–H and O–H groups in total. The highest BCUT2D eigenvalue weighted by atomic mass is 16.2. The number of anilines is 1. The molecule has 1 aromatic heterocycles. The van der Waals surface area contributed by atoms with Crippen LogP contribution in [0.1, 0.15) is 39.5 Å². The number of nitrogens with zero attached hydrogens (tertiary/aromatic N) is 3. The van der Waals surface area contributed by atoms with Crippen molar-refractivity contribution in [2.24, 2.45) is 5.92 Å². The highest BCUT2D eigenvalue weighted by Gasteiger charge is 2.26. The minimum atomic E-state index is -0.0832. The molecule has 1 aliphatic heterocycles. The number of hydrogen-bond acceptors (Lipinski definition) is 5. The Kier molecular flexibility index (Phi) is 6.96. The van der Waals surface area contributed by atoms with E-state index in [1.807, 2.05) is 18.7 Å². The van der Waals surface area contributed by atoms with Gasteiger partial charge in [0, 0.05) is 44.5 Å². The Labute approximate surface area is 143 Å². The monoisotopic (exact) mass is 333 g/mol. The summed E-state index contributed by atoms with van der Waals surface area (Å²) in [5.74, 6) is 0.572. The molecular formula is C17H27N5O2. The Balaban J connectivity index is 1.75. The number of hydrogen-bond donors (Lipinski definition) is 2. The maximum absolute atomic E-state index is 12.3. The first-order chi connectivity index (χ1) is 11.6. The Bertz CT molecular complexity index is 537.